The van der Waals surface area contributed by atoms with E-state index in [0.717, 1.165) is 31.9 Å². The Morgan fingerprint density at radius 2 is 2.47 bits per heavy atom. The molecule has 5 nitrogen and oxygen atoms in total. The molecule has 19 heavy (non-hydrogen) atoms. The standard InChI is InChI=1S/C14H23N3O2/c1-11(2)8-17-10-15-6-13(17)7-16-14(18)5-12-3-4-19-9-12/h6,10-12H,3-5,7-9H2,1-2H3,(H,16,18). The van der Waals surface area contributed by atoms with Crippen LogP contribution in [0.3, 0.4) is 0 Å². The number of carbonyl (C=O) groups excluding carboxylic acids is 1. The fourth-order valence-electron chi connectivity index (χ4n) is 2.32. The lowest BCUT2D eigenvalue weighted by molar-refractivity contribution is -0.122. The van der Waals surface area contributed by atoms with Crippen LogP contribution in [0.15, 0.2) is 12.5 Å². The molecule has 106 valence electrons. The summed E-state index contributed by atoms with van der Waals surface area (Å²) in [5.41, 5.74) is 1.06. The van der Waals surface area contributed by atoms with Crippen molar-refractivity contribution in [2.75, 3.05) is 13.2 Å². The van der Waals surface area contributed by atoms with Crippen LogP contribution in [0.4, 0.5) is 0 Å². The van der Waals surface area contributed by atoms with Gasteiger partial charge in [0.05, 0.1) is 18.6 Å². The van der Waals surface area contributed by atoms with Crippen LogP contribution in [0.1, 0.15) is 32.4 Å². The molecule has 1 aromatic rings. The largest absolute Gasteiger partial charge is 0.381 e. The van der Waals surface area contributed by atoms with Crippen molar-refractivity contribution in [3.63, 3.8) is 0 Å². The third-order valence-corrected chi connectivity index (χ3v) is 3.33. The molecule has 1 aliphatic heterocycles. The van der Waals surface area contributed by atoms with Crippen LogP contribution in [0.2, 0.25) is 0 Å². The number of nitrogens with one attached hydrogen (secondary N) is 1. The van der Waals surface area contributed by atoms with Gasteiger partial charge in [0.15, 0.2) is 0 Å². The summed E-state index contributed by atoms with van der Waals surface area (Å²) in [6.07, 6.45) is 5.21. The molecule has 0 bridgehead atoms. The van der Waals surface area contributed by atoms with E-state index in [4.69, 9.17) is 4.74 Å². The van der Waals surface area contributed by atoms with Gasteiger partial charge in [-0.05, 0) is 18.3 Å². The minimum absolute atomic E-state index is 0.104. The van der Waals surface area contributed by atoms with Crippen LogP contribution in [0.25, 0.3) is 0 Å². The van der Waals surface area contributed by atoms with Crippen molar-refractivity contribution in [3.05, 3.63) is 18.2 Å². The molecule has 0 saturated carbocycles. The molecule has 1 aromatic heterocycles. The van der Waals surface area contributed by atoms with E-state index in [-0.39, 0.29) is 5.91 Å². The molecular formula is C14H23N3O2. The molecule has 5 heteroatoms. The van der Waals surface area contributed by atoms with Gasteiger partial charge in [0, 0.05) is 32.4 Å². The summed E-state index contributed by atoms with van der Waals surface area (Å²) in [6, 6.07) is 0. The Balaban J connectivity index is 1.78. The number of imidazole rings is 1. The second kappa shape index (κ2) is 6.70. The Bertz CT molecular complexity index is 409. The van der Waals surface area contributed by atoms with Crippen molar-refractivity contribution in [1.29, 1.82) is 0 Å². The molecule has 2 heterocycles. The topological polar surface area (TPSA) is 56.2 Å². The zero-order valence-electron chi connectivity index (χ0n) is 11.8. The zero-order valence-corrected chi connectivity index (χ0v) is 11.8. The molecule has 0 spiro atoms. The molecule has 0 radical (unpaired) electrons. The van der Waals surface area contributed by atoms with Gasteiger partial charge in [-0.25, -0.2) is 4.98 Å². The van der Waals surface area contributed by atoms with Gasteiger partial charge in [-0.3, -0.25) is 4.79 Å². The highest BCUT2D eigenvalue weighted by atomic mass is 16.5. The third kappa shape index (κ3) is 4.35. The van der Waals surface area contributed by atoms with E-state index in [1.807, 2.05) is 12.5 Å². The van der Waals surface area contributed by atoms with E-state index in [2.05, 4.69) is 28.7 Å². The number of nitrogens with zero attached hydrogens (tertiary/aromatic N) is 2. The quantitative estimate of drug-likeness (QED) is 0.849. The van der Waals surface area contributed by atoms with Gasteiger partial charge in [0.2, 0.25) is 5.91 Å². The molecule has 1 atom stereocenters. The molecule has 1 amide bonds. The van der Waals surface area contributed by atoms with Crippen molar-refractivity contribution in [1.82, 2.24) is 14.9 Å². The van der Waals surface area contributed by atoms with E-state index in [1.165, 1.54) is 0 Å². The van der Waals surface area contributed by atoms with Crippen molar-refractivity contribution in [3.8, 4) is 0 Å². The first-order valence-electron chi connectivity index (χ1n) is 6.98. The van der Waals surface area contributed by atoms with E-state index in [0.29, 0.717) is 24.8 Å². The van der Waals surface area contributed by atoms with Gasteiger partial charge in [0.1, 0.15) is 0 Å². The summed E-state index contributed by atoms with van der Waals surface area (Å²) < 4.78 is 7.38. The molecule has 1 N–H and O–H groups in total. The number of hydrogen-bond donors (Lipinski definition) is 1. The average Bonchev–Trinajstić information content (AvgIpc) is 2.97. The molecule has 1 saturated heterocycles. The molecule has 1 aliphatic rings. The van der Waals surface area contributed by atoms with E-state index >= 15 is 0 Å². The van der Waals surface area contributed by atoms with Gasteiger partial charge < -0.3 is 14.6 Å². The smallest absolute Gasteiger partial charge is 0.220 e. The summed E-state index contributed by atoms with van der Waals surface area (Å²) >= 11 is 0. The summed E-state index contributed by atoms with van der Waals surface area (Å²) in [5, 5.41) is 2.97. The maximum Gasteiger partial charge on any atom is 0.220 e. The Labute approximate surface area is 114 Å². The SMILES string of the molecule is CC(C)Cn1cncc1CNC(=O)CC1CCOC1. The van der Waals surface area contributed by atoms with Crippen molar-refractivity contribution in [2.45, 2.75) is 39.8 Å². The summed E-state index contributed by atoms with van der Waals surface area (Å²) in [6.45, 7) is 7.34. The van der Waals surface area contributed by atoms with Gasteiger partial charge in [-0.15, -0.1) is 0 Å². The molecule has 0 aliphatic carbocycles. The molecule has 1 fully saturated rings. The van der Waals surface area contributed by atoms with Crippen LogP contribution in [0.5, 0.6) is 0 Å². The fraction of sp³-hybridized carbons (Fsp3) is 0.714. The van der Waals surface area contributed by atoms with Crippen molar-refractivity contribution < 1.29 is 9.53 Å². The van der Waals surface area contributed by atoms with Crippen molar-refractivity contribution in [2.24, 2.45) is 11.8 Å². The Hall–Kier alpha value is -1.36. The molecule has 0 aromatic carbocycles. The number of hydrogen-bond acceptors (Lipinski definition) is 3. The van der Waals surface area contributed by atoms with Crippen LogP contribution in [-0.2, 0) is 22.6 Å². The maximum atomic E-state index is 11.8. The van der Waals surface area contributed by atoms with Crippen LogP contribution in [0, 0.1) is 11.8 Å². The van der Waals surface area contributed by atoms with Crippen LogP contribution >= 0.6 is 0 Å². The van der Waals surface area contributed by atoms with Gasteiger partial charge in [-0.2, -0.15) is 0 Å². The van der Waals surface area contributed by atoms with E-state index in [9.17, 15) is 4.79 Å². The normalized spacial score (nSPS) is 19.0. The maximum absolute atomic E-state index is 11.8. The highest BCUT2D eigenvalue weighted by Crippen LogP contribution is 2.15. The molecule has 1 unspecified atom stereocenters. The lowest BCUT2D eigenvalue weighted by Crippen LogP contribution is -2.26. The van der Waals surface area contributed by atoms with Crippen LogP contribution in [-0.4, -0.2) is 28.7 Å². The third-order valence-electron chi connectivity index (χ3n) is 3.33. The fourth-order valence-corrected chi connectivity index (χ4v) is 2.32. The van der Waals surface area contributed by atoms with Gasteiger partial charge in [0.25, 0.3) is 0 Å². The number of ether oxygens (including phenoxy) is 1. The first-order chi connectivity index (χ1) is 9.15. The molecular weight excluding hydrogens is 242 g/mol. The Kier molecular flexibility index (Phi) is 4.96. The highest BCUT2D eigenvalue weighted by molar-refractivity contribution is 5.76. The predicted octanol–water partition coefficient (Wildman–Crippen LogP) is 1.58. The summed E-state index contributed by atoms with van der Waals surface area (Å²) in [4.78, 5) is 16.0. The van der Waals surface area contributed by atoms with Gasteiger partial charge >= 0.3 is 0 Å². The molecule has 2 rings (SSSR count). The Morgan fingerprint density at radius 1 is 1.63 bits per heavy atom. The number of rotatable bonds is 6. The number of aromatic nitrogens is 2. The second-order valence-electron chi connectivity index (χ2n) is 5.64. The average molecular weight is 265 g/mol. The van der Waals surface area contributed by atoms with E-state index < -0.39 is 0 Å². The second-order valence-corrected chi connectivity index (χ2v) is 5.64. The highest BCUT2D eigenvalue weighted by Gasteiger charge is 2.19. The van der Waals surface area contributed by atoms with E-state index in [1.54, 1.807) is 0 Å². The number of carbonyl (C=O) groups is 1. The summed E-state index contributed by atoms with van der Waals surface area (Å²) in [5.74, 6) is 1.06. The Morgan fingerprint density at radius 3 is 3.16 bits per heavy atom. The van der Waals surface area contributed by atoms with Gasteiger partial charge in [-0.1, -0.05) is 13.8 Å². The minimum atomic E-state index is 0.104. The zero-order chi connectivity index (χ0) is 13.7. The van der Waals surface area contributed by atoms with Crippen molar-refractivity contribution >= 4 is 5.91 Å². The minimum Gasteiger partial charge on any atom is -0.381 e. The summed E-state index contributed by atoms with van der Waals surface area (Å²) in [7, 11) is 0. The first-order valence-corrected chi connectivity index (χ1v) is 6.98. The number of amides is 1. The lowest BCUT2D eigenvalue weighted by Gasteiger charge is -2.12. The monoisotopic (exact) mass is 265 g/mol. The van der Waals surface area contributed by atoms with Crippen LogP contribution < -0.4 is 5.32 Å². The lowest BCUT2D eigenvalue weighted by atomic mass is 10.1. The predicted molar refractivity (Wildman–Crippen MR) is 72.5 cm³/mol. The first kappa shape index (κ1) is 14.1.